The number of H-pyrrole nitrogens is 1. The van der Waals surface area contributed by atoms with Gasteiger partial charge in [0.2, 0.25) is 0 Å². The molecular weight excluding hydrogens is 233 g/mol. The summed E-state index contributed by atoms with van der Waals surface area (Å²) in [5, 5.41) is 6.03. The maximum absolute atomic E-state index is 12.8. The maximum Gasteiger partial charge on any atom is 0.274 e. The third kappa shape index (κ3) is 2.36. The lowest BCUT2D eigenvalue weighted by Gasteiger charge is -2.00. The van der Waals surface area contributed by atoms with Crippen LogP contribution in [0.3, 0.4) is 0 Å². The lowest BCUT2D eigenvalue weighted by molar-refractivity contribution is 0.627. The fourth-order valence-corrected chi connectivity index (χ4v) is 1.90. The average molecular weight is 249 g/mol. The Morgan fingerprint density at radius 3 is 2.61 bits per heavy atom. The van der Waals surface area contributed by atoms with Gasteiger partial charge in [0.1, 0.15) is 5.82 Å². The highest BCUT2D eigenvalue weighted by Crippen LogP contribution is 2.08. The van der Waals surface area contributed by atoms with E-state index in [1.807, 2.05) is 14.0 Å². The van der Waals surface area contributed by atoms with E-state index in [2.05, 4.69) is 10.4 Å². The van der Waals surface area contributed by atoms with Crippen molar-refractivity contribution in [1.82, 2.24) is 15.1 Å². The van der Waals surface area contributed by atoms with E-state index in [9.17, 15) is 9.18 Å². The van der Waals surface area contributed by atoms with Crippen LogP contribution in [0.15, 0.2) is 29.1 Å². The highest BCUT2D eigenvalue weighted by atomic mass is 19.1. The maximum atomic E-state index is 12.8. The molecule has 2 rings (SSSR count). The summed E-state index contributed by atoms with van der Waals surface area (Å²) in [5.74, 6) is -0.314. The SMILES string of the molecule is CNCCc1c(C)[nH]n(-c2ccc(F)cc2)c1=O. The molecular formula is C13H16FN3O. The van der Waals surface area contributed by atoms with E-state index in [4.69, 9.17) is 0 Å². The van der Waals surface area contributed by atoms with E-state index >= 15 is 0 Å². The second-order valence-corrected chi connectivity index (χ2v) is 4.19. The molecule has 0 amide bonds. The number of aryl methyl sites for hydroxylation is 1. The van der Waals surface area contributed by atoms with Crippen LogP contribution < -0.4 is 10.9 Å². The van der Waals surface area contributed by atoms with Crippen molar-refractivity contribution >= 4 is 0 Å². The molecule has 0 fully saturated rings. The van der Waals surface area contributed by atoms with Crippen molar-refractivity contribution in [3.63, 3.8) is 0 Å². The highest BCUT2D eigenvalue weighted by molar-refractivity contribution is 5.33. The van der Waals surface area contributed by atoms with E-state index in [1.54, 1.807) is 12.1 Å². The largest absolute Gasteiger partial charge is 0.319 e. The fraction of sp³-hybridized carbons (Fsp3) is 0.308. The van der Waals surface area contributed by atoms with Gasteiger partial charge < -0.3 is 5.32 Å². The molecule has 1 heterocycles. The second kappa shape index (κ2) is 5.18. The monoisotopic (exact) mass is 249 g/mol. The molecule has 5 heteroatoms. The average Bonchev–Trinajstić information content (AvgIpc) is 2.64. The second-order valence-electron chi connectivity index (χ2n) is 4.19. The summed E-state index contributed by atoms with van der Waals surface area (Å²) in [6.45, 7) is 2.61. The molecule has 18 heavy (non-hydrogen) atoms. The number of aromatic amines is 1. The van der Waals surface area contributed by atoms with Crippen molar-refractivity contribution in [2.75, 3.05) is 13.6 Å². The zero-order chi connectivity index (χ0) is 13.1. The summed E-state index contributed by atoms with van der Waals surface area (Å²) in [6.07, 6.45) is 0.672. The molecule has 2 aromatic rings. The van der Waals surface area contributed by atoms with Gasteiger partial charge in [0.25, 0.3) is 5.56 Å². The number of likely N-dealkylation sites (N-methyl/N-ethyl adjacent to an activating group) is 1. The van der Waals surface area contributed by atoms with Crippen LogP contribution in [0.1, 0.15) is 11.3 Å². The Labute approximate surface area is 104 Å². The number of rotatable bonds is 4. The zero-order valence-electron chi connectivity index (χ0n) is 10.5. The van der Waals surface area contributed by atoms with Gasteiger partial charge in [-0.3, -0.25) is 9.89 Å². The summed E-state index contributed by atoms with van der Waals surface area (Å²) >= 11 is 0. The molecule has 0 atom stereocenters. The normalized spacial score (nSPS) is 10.8. The van der Waals surface area contributed by atoms with Gasteiger partial charge in [-0.15, -0.1) is 0 Å². The molecule has 0 radical (unpaired) electrons. The molecule has 0 unspecified atom stereocenters. The molecule has 0 saturated heterocycles. The van der Waals surface area contributed by atoms with Crippen molar-refractivity contribution < 1.29 is 4.39 Å². The quantitative estimate of drug-likeness (QED) is 0.860. The van der Waals surface area contributed by atoms with Crippen LogP contribution in [0.25, 0.3) is 5.69 Å². The van der Waals surface area contributed by atoms with Crippen LogP contribution in [-0.4, -0.2) is 23.4 Å². The molecule has 2 N–H and O–H groups in total. The molecule has 0 aliphatic heterocycles. The summed E-state index contributed by atoms with van der Waals surface area (Å²) in [4.78, 5) is 12.2. The number of nitrogens with one attached hydrogen (secondary N) is 2. The Morgan fingerprint density at radius 2 is 2.00 bits per heavy atom. The van der Waals surface area contributed by atoms with E-state index in [0.29, 0.717) is 12.1 Å². The standard InChI is InChI=1S/C13H16FN3O/c1-9-12(7-8-15-2)13(18)17(16-9)11-5-3-10(14)4-6-11/h3-6,15-16H,7-8H2,1-2H3. The summed E-state index contributed by atoms with van der Waals surface area (Å²) in [6, 6.07) is 5.83. The Morgan fingerprint density at radius 1 is 1.33 bits per heavy atom. The van der Waals surface area contributed by atoms with Crippen molar-refractivity contribution in [3.8, 4) is 5.69 Å². The minimum Gasteiger partial charge on any atom is -0.319 e. The molecule has 4 nitrogen and oxygen atoms in total. The van der Waals surface area contributed by atoms with Gasteiger partial charge in [-0.05, 0) is 51.2 Å². The highest BCUT2D eigenvalue weighted by Gasteiger charge is 2.11. The summed E-state index contributed by atoms with van der Waals surface area (Å²) < 4.78 is 14.3. The first-order chi connectivity index (χ1) is 8.63. The van der Waals surface area contributed by atoms with Gasteiger partial charge in [-0.25, -0.2) is 9.07 Å². The molecule has 96 valence electrons. The lowest BCUT2D eigenvalue weighted by atomic mass is 10.2. The van der Waals surface area contributed by atoms with Gasteiger partial charge in [0, 0.05) is 11.3 Å². The summed E-state index contributed by atoms with van der Waals surface area (Å²) in [7, 11) is 1.85. The predicted octanol–water partition coefficient (Wildman–Crippen LogP) is 1.38. The molecule has 1 aromatic heterocycles. The molecule has 0 spiro atoms. The topological polar surface area (TPSA) is 49.8 Å². The van der Waals surface area contributed by atoms with Crippen molar-refractivity contribution in [1.29, 1.82) is 0 Å². The number of nitrogens with zero attached hydrogens (tertiary/aromatic N) is 1. The van der Waals surface area contributed by atoms with Gasteiger partial charge >= 0.3 is 0 Å². The first-order valence-electron chi connectivity index (χ1n) is 5.84. The molecule has 0 aliphatic carbocycles. The van der Waals surface area contributed by atoms with Gasteiger partial charge in [-0.2, -0.15) is 0 Å². The Hall–Kier alpha value is -1.88. The number of benzene rings is 1. The fourth-order valence-electron chi connectivity index (χ4n) is 1.90. The zero-order valence-corrected chi connectivity index (χ0v) is 10.5. The van der Waals surface area contributed by atoms with Gasteiger partial charge in [-0.1, -0.05) is 0 Å². The van der Waals surface area contributed by atoms with E-state index < -0.39 is 0 Å². The van der Waals surface area contributed by atoms with E-state index in [-0.39, 0.29) is 11.4 Å². The van der Waals surface area contributed by atoms with Crippen molar-refractivity contribution in [3.05, 3.63) is 51.7 Å². The number of hydrogen-bond acceptors (Lipinski definition) is 2. The van der Waals surface area contributed by atoms with Crippen LogP contribution in [0, 0.1) is 12.7 Å². The Balaban J connectivity index is 2.40. The van der Waals surface area contributed by atoms with Crippen LogP contribution in [0.2, 0.25) is 0 Å². The first-order valence-corrected chi connectivity index (χ1v) is 5.84. The number of hydrogen-bond donors (Lipinski definition) is 2. The molecule has 0 bridgehead atoms. The Kier molecular flexibility index (Phi) is 3.62. The molecule has 1 aromatic carbocycles. The third-order valence-corrected chi connectivity index (χ3v) is 2.90. The number of halogens is 1. The first kappa shape index (κ1) is 12.6. The van der Waals surface area contributed by atoms with Crippen molar-refractivity contribution in [2.24, 2.45) is 0 Å². The predicted molar refractivity (Wildman–Crippen MR) is 68.7 cm³/mol. The smallest absolute Gasteiger partial charge is 0.274 e. The minimum absolute atomic E-state index is 0.0747. The molecule has 0 aliphatic rings. The van der Waals surface area contributed by atoms with E-state index in [1.165, 1.54) is 16.8 Å². The summed E-state index contributed by atoms with van der Waals surface area (Å²) in [5.41, 5.74) is 2.17. The van der Waals surface area contributed by atoms with E-state index in [0.717, 1.165) is 17.8 Å². The Bertz CT molecular complexity index is 583. The van der Waals surface area contributed by atoms with Gasteiger partial charge in [0.05, 0.1) is 5.69 Å². The molecule has 0 saturated carbocycles. The lowest BCUT2D eigenvalue weighted by Crippen LogP contribution is -2.20. The third-order valence-electron chi connectivity index (χ3n) is 2.90. The van der Waals surface area contributed by atoms with Crippen LogP contribution in [-0.2, 0) is 6.42 Å². The van der Waals surface area contributed by atoms with Gasteiger partial charge in [0.15, 0.2) is 0 Å². The number of aromatic nitrogens is 2. The van der Waals surface area contributed by atoms with Crippen molar-refractivity contribution in [2.45, 2.75) is 13.3 Å². The van der Waals surface area contributed by atoms with Crippen LogP contribution in [0.4, 0.5) is 4.39 Å². The minimum atomic E-state index is -0.314. The van der Waals surface area contributed by atoms with Crippen LogP contribution >= 0.6 is 0 Å². The van der Waals surface area contributed by atoms with Crippen LogP contribution in [0.5, 0.6) is 0 Å².